The second kappa shape index (κ2) is 12.5. The molecule has 1 heterocycles. The summed E-state index contributed by atoms with van der Waals surface area (Å²) in [6.07, 6.45) is 1.92. The molecule has 2 unspecified atom stereocenters. The van der Waals surface area contributed by atoms with E-state index in [1.807, 2.05) is 54.8 Å². The van der Waals surface area contributed by atoms with Crippen molar-refractivity contribution in [3.8, 4) is 0 Å². The van der Waals surface area contributed by atoms with Crippen molar-refractivity contribution >= 4 is 47.0 Å². The van der Waals surface area contributed by atoms with Crippen LogP contribution >= 0.6 is 35.0 Å². The van der Waals surface area contributed by atoms with Crippen molar-refractivity contribution < 1.29 is 19.1 Å². The van der Waals surface area contributed by atoms with Crippen molar-refractivity contribution in [2.45, 2.75) is 31.6 Å². The average Bonchev–Trinajstić information content (AvgIpc) is 2.77. The highest BCUT2D eigenvalue weighted by Gasteiger charge is 2.36. The Hall–Kier alpha value is -1.93. The van der Waals surface area contributed by atoms with Crippen LogP contribution in [0.4, 0.5) is 4.79 Å². The first-order valence-electron chi connectivity index (χ1n) is 10.8. The van der Waals surface area contributed by atoms with Gasteiger partial charge in [-0.1, -0.05) is 53.5 Å². The Morgan fingerprint density at radius 2 is 1.85 bits per heavy atom. The van der Waals surface area contributed by atoms with Crippen LogP contribution in [0.2, 0.25) is 10.0 Å². The molecule has 3 rings (SSSR count). The zero-order valence-corrected chi connectivity index (χ0v) is 21.0. The van der Waals surface area contributed by atoms with Gasteiger partial charge in [0.25, 0.3) is 0 Å². The van der Waals surface area contributed by atoms with E-state index in [4.69, 9.17) is 32.7 Å². The van der Waals surface area contributed by atoms with Gasteiger partial charge in [-0.05, 0) is 49.1 Å². The summed E-state index contributed by atoms with van der Waals surface area (Å²) in [6.45, 7) is 2.86. The molecule has 6 nitrogen and oxygen atoms in total. The number of urea groups is 1. The van der Waals surface area contributed by atoms with Gasteiger partial charge >= 0.3 is 12.0 Å². The van der Waals surface area contributed by atoms with Gasteiger partial charge in [0.15, 0.2) is 0 Å². The molecule has 1 aliphatic rings. The van der Waals surface area contributed by atoms with Crippen molar-refractivity contribution in [3.63, 3.8) is 0 Å². The van der Waals surface area contributed by atoms with E-state index in [2.05, 4.69) is 5.32 Å². The smallest absolute Gasteiger partial charge is 0.328 e. The minimum atomic E-state index is -0.658. The summed E-state index contributed by atoms with van der Waals surface area (Å²) in [6, 6.07) is 14.0. The normalized spacial score (nSPS) is 15.5. The van der Waals surface area contributed by atoms with Crippen LogP contribution in [0.1, 0.15) is 30.6 Å². The first-order valence-corrected chi connectivity index (χ1v) is 12.9. The number of carbonyl (C=O) groups excluding carboxylic acids is 2. The van der Waals surface area contributed by atoms with Crippen LogP contribution in [0.25, 0.3) is 0 Å². The van der Waals surface area contributed by atoms with Gasteiger partial charge in [0.1, 0.15) is 12.1 Å². The number of halogens is 2. The van der Waals surface area contributed by atoms with Crippen molar-refractivity contribution in [3.05, 3.63) is 69.7 Å². The van der Waals surface area contributed by atoms with Crippen LogP contribution in [-0.4, -0.2) is 60.8 Å². The highest BCUT2D eigenvalue weighted by atomic mass is 35.5. The van der Waals surface area contributed by atoms with E-state index in [0.29, 0.717) is 29.6 Å². The molecular weight excluding hydrogens is 483 g/mol. The van der Waals surface area contributed by atoms with Crippen molar-refractivity contribution in [1.82, 2.24) is 10.2 Å². The molecule has 0 aromatic heterocycles. The number of likely N-dealkylation sites (tertiary alicyclic amines) is 1. The van der Waals surface area contributed by atoms with Crippen LogP contribution < -0.4 is 5.32 Å². The molecule has 1 fully saturated rings. The van der Waals surface area contributed by atoms with Gasteiger partial charge in [-0.15, -0.1) is 0 Å². The lowest BCUT2D eigenvalue weighted by molar-refractivity contribution is -0.145. The molecule has 1 aliphatic heterocycles. The van der Waals surface area contributed by atoms with Crippen molar-refractivity contribution in [1.29, 1.82) is 0 Å². The number of hydrogen-bond donors (Lipinski definition) is 1. The fourth-order valence-electron chi connectivity index (χ4n) is 3.51. The van der Waals surface area contributed by atoms with Crippen molar-refractivity contribution in [2.24, 2.45) is 0 Å². The number of ether oxygens (including phenoxy) is 2. The Morgan fingerprint density at radius 1 is 1.15 bits per heavy atom. The van der Waals surface area contributed by atoms with Crippen LogP contribution in [-0.2, 0) is 14.3 Å². The number of rotatable bonds is 10. The number of hydrogen-bond acceptors (Lipinski definition) is 5. The van der Waals surface area contributed by atoms with Crippen LogP contribution in [0.15, 0.2) is 48.5 Å². The molecule has 2 aromatic rings. The average molecular weight is 511 g/mol. The minimum Gasteiger partial charge on any atom is -0.464 e. The lowest BCUT2D eigenvalue weighted by Gasteiger charge is -2.41. The number of benzene rings is 2. The summed E-state index contributed by atoms with van der Waals surface area (Å²) in [4.78, 5) is 26.5. The standard InChI is InChI=1S/C24H28Cl2N2O4S/c1-3-31-23(29)21(12-13-33-2)27-24(30)28-14-18(15-28)32-22(16-8-10-17(25)11-9-16)19-6-4-5-7-20(19)26/h4-11,18,21-22H,3,12-15H2,1-2H3,(H,27,30). The Labute approximate surface area is 208 Å². The van der Waals surface area contributed by atoms with Gasteiger partial charge in [0, 0.05) is 15.6 Å². The maximum atomic E-state index is 12.7. The van der Waals surface area contributed by atoms with Gasteiger partial charge < -0.3 is 19.7 Å². The van der Waals surface area contributed by atoms with Gasteiger partial charge in [-0.2, -0.15) is 11.8 Å². The SMILES string of the molecule is CCOC(=O)C(CCSC)NC(=O)N1CC(OC(c2ccc(Cl)cc2)c2ccccc2Cl)C1. The summed E-state index contributed by atoms with van der Waals surface area (Å²) in [7, 11) is 0. The largest absolute Gasteiger partial charge is 0.464 e. The highest BCUT2D eigenvalue weighted by molar-refractivity contribution is 7.98. The van der Waals surface area contributed by atoms with E-state index >= 15 is 0 Å². The predicted molar refractivity (Wildman–Crippen MR) is 133 cm³/mol. The van der Waals surface area contributed by atoms with Gasteiger partial charge in [0.2, 0.25) is 0 Å². The molecule has 0 radical (unpaired) electrons. The molecule has 1 saturated heterocycles. The van der Waals surface area contributed by atoms with E-state index in [9.17, 15) is 9.59 Å². The number of carbonyl (C=O) groups is 2. The van der Waals surface area contributed by atoms with E-state index in [-0.39, 0.29) is 24.8 Å². The molecular formula is C24H28Cl2N2O4S. The second-order valence-electron chi connectivity index (χ2n) is 7.65. The monoisotopic (exact) mass is 510 g/mol. The third-order valence-corrected chi connectivity index (χ3v) is 6.54. The summed E-state index contributed by atoms with van der Waals surface area (Å²) < 4.78 is 11.5. The molecule has 9 heteroatoms. The number of thioether (sulfide) groups is 1. The maximum absolute atomic E-state index is 12.7. The van der Waals surface area contributed by atoms with E-state index in [1.165, 1.54) is 0 Å². The van der Waals surface area contributed by atoms with Crippen molar-refractivity contribution in [2.75, 3.05) is 31.7 Å². The molecule has 33 heavy (non-hydrogen) atoms. The Kier molecular flexibility index (Phi) is 9.74. The lowest BCUT2D eigenvalue weighted by atomic mass is 10.0. The number of esters is 1. The van der Waals surface area contributed by atoms with Crippen LogP contribution in [0.3, 0.4) is 0 Å². The Balaban J connectivity index is 1.63. The first-order chi connectivity index (χ1) is 15.9. The molecule has 1 N–H and O–H groups in total. The topological polar surface area (TPSA) is 67.9 Å². The number of nitrogens with one attached hydrogen (secondary N) is 1. The highest BCUT2D eigenvalue weighted by Crippen LogP contribution is 2.34. The molecule has 2 atom stereocenters. The van der Waals surface area contributed by atoms with Crippen LogP contribution in [0.5, 0.6) is 0 Å². The summed E-state index contributed by atoms with van der Waals surface area (Å²) in [5, 5.41) is 4.05. The molecule has 0 bridgehead atoms. The third-order valence-electron chi connectivity index (χ3n) is 5.30. The molecule has 0 spiro atoms. The molecule has 2 aromatic carbocycles. The Morgan fingerprint density at radius 3 is 2.48 bits per heavy atom. The van der Waals surface area contributed by atoms with Gasteiger partial charge in [-0.25, -0.2) is 9.59 Å². The molecule has 2 amide bonds. The van der Waals surface area contributed by atoms with E-state index < -0.39 is 12.0 Å². The predicted octanol–water partition coefficient (Wildman–Crippen LogP) is 5.18. The summed E-state index contributed by atoms with van der Waals surface area (Å²) in [5.74, 6) is 0.338. The zero-order valence-electron chi connectivity index (χ0n) is 18.6. The fraction of sp³-hybridized carbons (Fsp3) is 0.417. The number of nitrogens with zero attached hydrogens (tertiary/aromatic N) is 1. The van der Waals surface area contributed by atoms with Crippen LogP contribution in [0, 0.1) is 0 Å². The quantitative estimate of drug-likeness (QED) is 0.446. The molecule has 0 saturated carbocycles. The zero-order chi connectivity index (χ0) is 23.8. The molecule has 0 aliphatic carbocycles. The first kappa shape index (κ1) is 25.7. The van der Waals surface area contributed by atoms with Gasteiger partial charge in [0.05, 0.1) is 25.8 Å². The van der Waals surface area contributed by atoms with E-state index in [1.54, 1.807) is 23.6 Å². The van der Waals surface area contributed by atoms with E-state index in [0.717, 1.165) is 16.9 Å². The number of amides is 2. The third kappa shape index (κ3) is 7.03. The minimum absolute atomic E-state index is 0.167. The summed E-state index contributed by atoms with van der Waals surface area (Å²) in [5.41, 5.74) is 1.78. The lowest BCUT2D eigenvalue weighted by Crippen LogP contribution is -2.60. The Bertz CT molecular complexity index is 938. The fourth-order valence-corrected chi connectivity index (χ4v) is 4.34. The van der Waals surface area contributed by atoms with Gasteiger partial charge in [-0.3, -0.25) is 0 Å². The molecule has 178 valence electrons. The maximum Gasteiger partial charge on any atom is 0.328 e. The second-order valence-corrected chi connectivity index (χ2v) is 9.48. The summed E-state index contributed by atoms with van der Waals surface area (Å²) >= 11 is 14.1.